The van der Waals surface area contributed by atoms with Gasteiger partial charge in [-0.2, -0.15) is 21.6 Å². The monoisotopic (exact) mass is 514 g/mol. The van der Waals surface area contributed by atoms with Crippen molar-refractivity contribution in [1.29, 1.82) is 0 Å². The summed E-state index contributed by atoms with van der Waals surface area (Å²) in [6.07, 6.45) is -10.2. The molecule has 5 nitrogen and oxygen atoms in total. The number of hydrogen-bond acceptors (Lipinski definition) is 5. The molecule has 36 heavy (non-hydrogen) atoms. The zero-order chi connectivity index (χ0) is 25.8. The van der Waals surface area contributed by atoms with Gasteiger partial charge in [-0.05, 0) is 46.7 Å². The maximum atomic E-state index is 14.0. The van der Waals surface area contributed by atoms with Crippen LogP contribution in [0.2, 0.25) is 0 Å². The van der Waals surface area contributed by atoms with Crippen molar-refractivity contribution in [3.8, 4) is 0 Å². The summed E-state index contributed by atoms with van der Waals surface area (Å²) in [6, 6.07) is 26.4. The highest BCUT2D eigenvalue weighted by molar-refractivity contribution is 7.86. The number of benzene rings is 4. The molecule has 0 N–H and O–H groups in total. The lowest BCUT2D eigenvalue weighted by Gasteiger charge is -2.26. The largest absolute Gasteiger partial charge is 0.454 e. The van der Waals surface area contributed by atoms with E-state index in [-0.39, 0.29) is 11.1 Å². The van der Waals surface area contributed by atoms with Crippen molar-refractivity contribution in [2.75, 3.05) is 0 Å². The number of esters is 1. The molecule has 4 aromatic carbocycles. The van der Waals surface area contributed by atoms with Crippen molar-refractivity contribution in [2.45, 2.75) is 29.7 Å². The molecule has 0 aliphatic carbocycles. The molecule has 0 saturated carbocycles. The number of alkyl halides is 3. The lowest BCUT2D eigenvalue weighted by molar-refractivity contribution is -0.201. The standard InChI is InChI=1S/C27H21F3O5S/c28-27(29,30)25(35-36(32,33)23-13-5-2-6-14-23)18-24(34-26(31)20-10-3-1-4-11-20)22-16-15-19-9-7-8-12-21(19)17-22/h1-17,24-25H,18H2. The highest BCUT2D eigenvalue weighted by atomic mass is 32.2. The summed E-state index contributed by atoms with van der Waals surface area (Å²) in [6.45, 7) is 0. The van der Waals surface area contributed by atoms with E-state index in [0.29, 0.717) is 0 Å². The van der Waals surface area contributed by atoms with Crippen molar-refractivity contribution in [3.05, 3.63) is 114 Å². The molecular weight excluding hydrogens is 493 g/mol. The van der Waals surface area contributed by atoms with Crippen LogP contribution in [0.25, 0.3) is 10.8 Å². The van der Waals surface area contributed by atoms with Gasteiger partial charge in [0.05, 0.1) is 10.5 Å². The molecule has 0 amide bonds. The molecule has 186 valence electrons. The smallest absolute Gasteiger partial charge is 0.416 e. The van der Waals surface area contributed by atoms with Gasteiger partial charge in [-0.15, -0.1) is 0 Å². The van der Waals surface area contributed by atoms with Gasteiger partial charge in [-0.25, -0.2) is 4.79 Å². The van der Waals surface area contributed by atoms with E-state index in [9.17, 15) is 26.4 Å². The fraction of sp³-hybridized carbons (Fsp3) is 0.148. The summed E-state index contributed by atoms with van der Waals surface area (Å²) in [5.41, 5.74) is 0.414. The number of carbonyl (C=O) groups is 1. The Labute approximate surface area is 206 Å². The van der Waals surface area contributed by atoms with Crippen LogP contribution in [0.15, 0.2) is 108 Å². The summed E-state index contributed by atoms with van der Waals surface area (Å²) >= 11 is 0. The van der Waals surface area contributed by atoms with Gasteiger partial charge < -0.3 is 4.74 Å². The normalized spacial score (nSPS) is 13.8. The van der Waals surface area contributed by atoms with Crippen LogP contribution in [0.1, 0.15) is 28.4 Å². The Balaban J connectivity index is 1.69. The van der Waals surface area contributed by atoms with E-state index in [1.165, 1.54) is 30.3 Å². The maximum Gasteiger partial charge on any atom is 0.416 e. The molecule has 0 bridgehead atoms. The Hall–Kier alpha value is -3.69. The zero-order valence-electron chi connectivity index (χ0n) is 18.8. The van der Waals surface area contributed by atoms with E-state index >= 15 is 0 Å². The minimum atomic E-state index is -5.06. The van der Waals surface area contributed by atoms with Crippen molar-refractivity contribution < 1.29 is 35.3 Å². The van der Waals surface area contributed by atoms with Gasteiger partial charge in [0.2, 0.25) is 0 Å². The first-order chi connectivity index (χ1) is 17.1. The van der Waals surface area contributed by atoms with E-state index in [0.717, 1.165) is 22.9 Å². The van der Waals surface area contributed by atoms with Gasteiger partial charge >= 0.3 is 12.1 Å². The van der Waals surface area contributed by atoms with Gasteiger partial charge in [0, 0.05) is 6.42 Å². The van der Waals surface area contributed by atoms with Crippen LogP contribution in [-0.2, 0) is 19.0 Å². The van der Waals surface area contributed by atoms with E-state index in [2.05, 4.69) is 4.18 Å². The predicted molar refractivity (Wildman–Crippen MR) is 128 cm³/mol. The third-order valence-corrected chi connectivity index (χ3v) is 6.81. The summed E-state index contributed by atoms with van der Waals surface area (Å²) in [5, 5.41) is 1.56. The number of hydrogen-bond donors (Lipinski definition) is 0. The van der Waals surface area contributed by atoms with Crippen LogP contribution in [0.3, 0.4) is 0 Å². The number of carbonyl (C=O) groups excluding carboxylic acids is 1. The second kappa shape index (κ2) is 10.5. The van der Waals surface area contributed by atoms with E-state index < -0.39 is 45.8 Å². The molecule has 4 rings (SSSR count). The Morgan fingerprint density at radius 2 is 1.36 bits per heavy atom. The second-order valence-electron chi connectivity index (χ2n) is 8.00. The topological polar surface area (TPSA) is 69.7 Å². The average molecular weight is 515 g/mol. The van der Waals surface area contributed by atoms with Crippen molar-refractivity contribution >= 4 is 26.9 Å². The fourth-order valence-electron chi connectivity index (χ4n) is 3.65. The predicted octanol–water partition coefficient (Wildman–Crippen LogP) is 6.46. The molecule has 0 spiro atoms. The van der Waals surface area contributed by atoms with Crippen molar-refractivity contribution in [2.24, 2.45) is 0 Å². The maximum absolute atomic E-state index is 14.0. The van der Waals surface area contributed by atoms with Gasteiger partial charge in [-0.1, -0.05) is 72.8 Å². The highest BCUT2D eigenvalue weighted by Gasteiger charge is 2.46. The van der Waals surface area contributed by atoms with Gasteiger partial charge in [0.15, 0.2) is 6.10 Å². The summed E-state index contributed by atoms with van der Waals surface area (Å²) in [7, 11) is -4.75. The van der Waals surface area contributed by atoms with Crippen LogP contribution >= 0.6 is 0 Å². The molecule has 0 heterocycles. The fourth-order valence-corrected chi connectivity index (χ4v) is 4.74. The number of rotatable bonds is 8. The number of fused-ring (bicyclic) bond motifs is 1. The van der Waals surface area contributed by atoms with Gasteiger partial charge in [-0.3, -0.25) is 4.18 Å². The Morgan fingerprint density at radius 1 is 0.778 bits per heavy atom. The van der Waals surface area contributed by atoms with Gasteiger partial charge in [0.1, 0.15) is 6.10 Å². The molecule has 0 aromatic heterocycles. The molecular formula is C27H21F3O5S. The summed E-state index contributed by atoms with van der Waals surface area (Å²) in [5.74, 6) is -0.847. The first kappa shape index (κ1) is 25.4. The number of halogens is 3. The summed E-state index contributed by atoms with van der Waals surface area (Å²) < 4.78 is 77.4. The van der Waals surface area contributed by atoms with Crippen molar-refractivity contribution in [1.82, 2.24) is 0 Å². The first-order valence-electron chi connectivity index (χ1n) is 10.9. The number of ether oxygens (including phenoxy) is 1. The quantitative estimate of drug-likeness (QED) is 0.199. The highest BCUT2D eigenvalue weighted by Crippen LogP contribution is 2.36. The molecule has 0 aliphatic heterocycles. The van der Waals surface area contributed by atoms with Crippen LogP contribution in [0.4, 0.5) is 13.2 Å². The first-order valence-corrected chi connectivity index (χ1v) is 12.3. The molecule has 0 fully saturated rings. The molecule has 0 radical (unpaired) electrons. The lowest BCUT2D eigenvalue weighted by atomic mass is 9.99. The molecule has 2 unspecified atom stereocenters. The van der Waals surface area contributed by atoms with Crippen LogP contribution in [0.5, 0.6) is 0 Å². The minimum absolute atomic E-state index is 0.143. The SMILES string of the molecule is O=C(OC(CC(OS(=O)(=O)c1ccccc1)C(F)(F)F)c1ccc2ccccc2c1)c1ccccc1. The molecule has 0 saturated heterocycles. The molecule has 4 aromatic rings. The third kappa shape index (κ3) is 6.10. The second-order valence-corrected chi connectivity index (χ2v) is 9.57. The Morgan fingerprint density at radius 3 is 2.00 bits per heavy atom. The summed E-state index contributed by atoms with van der Waals surface area (Å²) in [4.78, 5) is 12.4. The average Bonchev–Trinajstić information content (AvgIpc) is 2.88. The molecule has 2 atom stereocenters. The van der Waals surface area contributed by atoms with Crippen LogP contribution in [-0.4, -0.2) is 26.7 Å². The van der Waals surface area contributed by atoms with E-state index in [1.54, 1.807) is 48.5 Å². The van der Waals surface area contributed by atoms with Crippen LogP contribution < -0.4 is 0 Å². The zero-order valence-corrected chi connectivity index (χ0v) is 19.6. The van der Waals surface area contributed by atoms with E-state index in [1.807, 2.05) is 12.1 Å². The van der Waals surface area contributed by atoms with E-state index in [4.69, 9.17) is 4.74 Å². The third-order valence-electron chi connectivity index (χ3n) is 5.47. The lowest BCUT2D eigenvalue weighted by Crippen LogP contribution is -2.36. The minimum Gasteiger partial charge on any atom is -0.454 e. The Kier molecular flexibility index (Phi) is 7.42. The van der Waals surface area contributed by atoms with Gasteiger partial charge in [0.25, 0.3) is 10.1 Å². The Bertz CT molecular complexity index is 1440. The van der Waals surface area contributed by atoms with Crippen molar-refractivity contribution in [3.63, 3.8) is 0 Å². The molecule has 9 heteroatoms. The van der Waals surface area contributed by atoms with Crippen LogP contribution in [0, 0.1) is 0 Å². The molecule has 0 aliphatic rings.